The number of hydrogen-bond acceptors (Lipinski definition) is 3. The third-order valence-corrected chi connectivity index (χ3v) is 3.61. The number of hydrogen-bond donors (Lipinski definition) is 1. The van der Waals surface area contributed by atoms with Crippen molar-refractivity contribution in [3.8, 4) is 0 Å². The van der Waals surface area contributed by atoms with Crippen molar-refractivity contribution in [2.24, 2.45) is 0 Å². The fraction of sp³-hybridized carbons (Fsp3) is 0.562. The van der Waals surface area contributed by atoms with Crippen LogP contribution in [-0.4, -0.2) is 42.6 Å². The smallest absolute Gasteiger partial charge is 0.238 e. The zero-order chi connectivity index (χ0) is 14.7. The van der Waals surface area contributed by atoms with E-state index < -0.39 is 0 Å². The molecule has 0 spiro atoms. The maximum atomic E-state index is 12.2. The van der Waals surface area contributed by atoms with Crippen molar-refractivity contribution in [2.45, 2.75) is 39.9 Å². The lowest BCUT2D eigenvalue weighted by molar-refractivity contribution is -0.121. The van der Waals surface area contributed by atoms with Crippen molar-refractivity contribution in [3.05, 3.63) is 29.3 Å². The van der Waals surface area contributed by atoms with Crippen LogP contribution in [0.4, 0.5) is 5.69 Å². The van der Waals surface area contributed by atoms with Crippen LogP contribution >= 0.6 is 0 Å². The second-order valence-electron chi connectivity index (χ2n) is 5.77. The highest BCUT2D eigenvalue weighted by Gasteiger charge is 2.23. The van der Waals surface area contributed by atoms with Gasteiger partial charge in [0.1, 0.15) is 0 Å². The monoisotopic (exact) mass is 276 g/mol. The Morgan fingerprint density at radius 2 is 1.80 bits per heavy atom. The Kier molecular flexibility index (Phi) is 4.78. The van der Waals surface area contributed by atoms with Gasteiger partial charge in [0, 0.05) is 18.8 Å². The molecule has 0 aliphatic carbocycles. The molecule has 1 amide bonds. The average Bonchev–Trinajstić information content (AvgIpc) is 2.32. The topological polar surface area (TPSA) is 41.6 Å². The van der Waals surface area contributed by atoms with Gasteiger partial charge in [0.25, 0.3) is 0 Å². The van der Waals surface area contributed by atoms with Gasteiger partial charge in [0.15, 0.2) is 0 Å². The van der Waals surface area contributed by atoms with E-state index in [-0.39, 0.29) is 18.1 Å². The third-order valence-electron chi connectivity index (χ3n) is 3.61. The van der Waals surface area contributed by atoms with E-state index >= 15 is 0 Å². The summed E-state index contributed by atoms with van der Waals surface area (Å²) in [7, 11) is 0. The molecule has 110 valence electrons. The van der Waals surface area contributed by atoms with Crippen LogP contribution in [-0.2, 0) is 9.53 Å². The van der Waals surface area contributed by atoms with E-state index in [4.69, 9.17) is 4.74 Å². The molecule has 0 radical (unpaired) electrons. The van der Waals surface area contributed by atoms with Crippen LogP contribution in [0.3, 0.4) is 0 Å². The Morgan fingerprint density at radius 1 is 1.25 bits per heavy atom. The van der Waals surface area contributed by atoms with Crippen LogP contribution < -0.4 is 5.32 Å². The van der Waals surface area contributed by atoms with Crippen molar-refractivity contribution >= 4 is 11.6 Å². The summed E-state index contributed by atoms with van der Waals surface area (Å²) in [5.74, 6) is 0.0451. The zero-order valence-electron chi connectivity index (χ0n) is 12.8. The van der Waals surface area contributed by atoms with Crippen molar-refractivity contribution in [2.75, 3.05) is 25.0 Å². The normalized spacial score (nSPS) is 23.6. The second kappa shape index (κ2) is 6.37. The zero-order valence-corrected chi connectivity index (χ0v) is 12.8. The molecule has 1 aliphatic rings. The van der Waals surface area contributed by atoms with Gasteiger partial charge in [0.05, 0.1) is 18.8 Å². The minimum absolute atomic E-state index is 0.0451. The molecule has 0 bridgehead atoms. The van der Waals surface area contributed by atoms with Crippen LogP contribution in [0.15, 0.2) is 18.2 Å². The summed E-state index contributed by atoms with van der Waals surface area (Å²) >= 11 is 0. The number of rotatable bonds is 3. The summed E-state index contributed by atoms with van der Waals surface area (Å²) in [5.41, 5.74) is 3.14. The number of ether oxygens (including phenoxy) is 1. The molecule has 2 atom stereocenters. The molecule has 1 aromatic rings. The van der Waals surface area contributed by atoms with E-state index in [9.17, 15) is 4.79 Å². The first kappa shape index (κ1) is 15.0. The van der Waals surface area contributed by atoms with Crippen molar-refractivity contribution in [3.63, 3.8) is 0 Å². The Morgan fingerprint density at radius 3 is 2.35 bits per heavy atom. The summed E-state index contributed by atoms with van der Waals surface area (Å²) in [6, 6.07) is 6.04. The number of carbonyl (C=O) groups is 1. The predicted molar refractivity (Wildman–Crippen MR) is 81.0 cm³/mol. The lowest BCUT2D eigenvalue weighted by Crippen LogP contribution is -2.48. The molecule has 1 saturated heterocycles. The minimum Gasteiger partial charge on any atom is -0.373 e. The van der Waals surface area contributed by atoms with Gasteiger partial charge in [0.2, 0.25) is 5.91 Å². The number of para-hydroxylation sites is 1. The van der Waals surface area contributed by atoms with Gasteiger partial charge in [-0.25, -0.2) is 0 Å². The van der Waals surface area contributed by atoms with E-state index in [1.54, 1.807) is 0 Å². The first-order valence-electron chi connectivity index (χ1n) is 7.19. The van der Waals surface area contributed by atoms with E-state index in [0.717, 1.165) is 29.9 Å². The standard InChI is InChI=1S/C16H24N2O2/c1-11-6-5-7-12(2)16(11)17-15(19)10-18-8-13(3)20-14(4)9-18/h5-7,13-14H,8-10H2,1-4H3,(H,17,19). The first-order chi connectivity index (χ1) is 9.45. The van der Waals surface area contributed by atoms with Crippen LogP contribution in [0, 0.1) is 13.8 Å². The number of anilines is 1. The molecule has 2 unspecified atom stereocenters. The summed E-state index contributed by atoms with van der Waals surface area (Å²) < 4.78 is 5.68. The predicted octanol–water partition coefficient (Wildman–Crippen LogP) is 2.35. The second-order valence-corrected chi connectivity index (χ2v) is 5.77. The fourth-order valence-corrected chi connectivity index (χ4v) is 2.81. The largest absolute Gasteiger partial charge is 0.373 e. The highest BCUT2D eigenvalue weighted by molar-refractivity contribution is 5.93. The average molecular weight is 276 g/mol. The molecule has 4 heteroatoms. The van der Waals surface area contributed by atoms with Gasteiger partial charge in [-0.3, -0.25) is 9.69 Å². The van der Waals surface area contributed by atoms with Crippen LogP contribution in [0.2, 0.25) is 0 Å². The summed E-state index contributed by atoms with van der Waals surface area (Å²) in [5, 5.41) is 3.03. The lowest BCUT2D eigenvalue weighted by Gasteiger charge is -2.34. The molecule has 1 fully saturated rings. The number of nitrogens with one attached hydrogen (secondary N) is 1. The van der Waals surface area contributed by atoms with Crippen LogP contribution in [0.1, 0.15) is 25.0 Å². The molecule has 2 rings (SSSR count). The van der Waals surface area contributed by atoms with Crippen molar-refractivity contribution < 1.29 is 9.53 Å². The van der Waals surface area contributed by atoms with Gasteiger partial charge < -0.3 is 10.1 Å². The van der Waals surface area contributed by atoms with Crippen molar-refractivity contribution in [1.29, 1.82) is 0 Å². The van der Waals surface area contributed by atoms with Gasteiger partial charge >= 0.3 is 0 Å². The van der Waals surface area contributed by atoms with E-state index in [0.29, 0.717) is 6.54 Å². The summed E-state index contributed by atoms with van der Waals surface area (Å²) in [6.07, 6.45) is 0.374. The molecule has 0 aromatic heterocycles. The number of morpholine rings is 1. The fourth-order valence-electron chi connectivity index (χ4n) is 2.81. The quantitative estimate of drug-likeness (QED) is 0.921. The Labute approximate surface area is 121 Å². The van der Waals surface area contributed by atoms with Gasteiger partial charge in [-0.2, -0.15) is 0 Å². The highest BCUT2D eigenvalue weighted by Crippen LogP contribution is 2.19. The lowest BCUT2D eigenvalue weighted by atomic mass is 10.1. The SMILES string of the molecule is Cc1cccc(C)c1NC(=O)CN1CC(C)OC(C)C1. The summed E-state index contributed by atoms with van der Waals surface area (Å²) in [6.45, 7) is 10.2. The van der Waals surface area contributed by atoms with Crippen LogP contribution in [0.25, 0.3) is 0 Å². The molecule has 0 saturated carbocycles. The molecule has 20 heavy (non-hydrogen) atoms. The maximum absolute atomic E-state index is 12.2. The van der Waals surface area contributed by atoms with E-state index in [1.807, 2.05) is 45.9 Å². The molecular weight excluding hydrogens is 252 g/mol. The van der Waals surface area contributed by atoms with E-state index in [1.165, 1.54) is 0 Å². The Balaban J connectivity index is 1.95. The van der Waals surface area contributed by atoms with E-state index in [2.05, 4.69) is 10.2 Å². The van der Waals surface area contributed by atoms with Gasteiger partial charge in [-0.1, -0.05) is 18.2 Å². The molecule has 1 aliphatic heterocycles. The first-order valence-corrected chi connectivity index (χ1v) is 7.19. The number of amides is 1. The molecular formula is C16H24N2O2. The minimum atomic E-state index is 0.0451. The highest BCUT2D eigenvalue weighted by atomic mass is 16.5. The molecule has 4 nitrogen and oxygen atoms in total. The van der Waals surface area contributed by atoms with Crippen LogP contribution in [0.5, 0.6) is 0 Å². The number of benzene rings is 1. The summed E-state index contributed by atoms with van der Waals surface area (Å²) in [4.78, 5) is 14.4. The van der Waals surface area contributed by atoms with Gasteiger partial charge in [-0.15, -0.1) is 0 Å². The van der Waals surface area contributed by atoms with Crippen molar-refractivity contribution in [1.82, 2.24) is 4.90 Å². The number of carbonyl (C=O) groups excluding carboxylic acids is 1. The Bertz CT molecular complexity index is 457. The molecule has 1 N–H and O–H groups in total. The van der Waals surface area contributed by atoms with Gasteiger partial charge in [-0.05, 0) is 38.8 Å². The number of nitrogens with zero attached hydrogens (tertiary/aromatic N) is 1. The molecule has 1 aromatic carbocycles. The molecule has 1 heterocycles. The number of aryl methyl sites for hydroxylation is 2. The maximum Gasteiger partial charge on any atom is 0.238 e. The third kappa shape index (κ3) is 3.81. The Hall–Kier alpha value is -1.39.